The molecule has 0 unspecified atom stereocenters. The fourth-order valence-electron chi connectivity index (χ4n) is 1.85. The summed E-state index contributed by atoms with van der Waals surface area (Å²) in [6.45, 7) is 6.76. The number of hydrogen-bond donors (Lipinski definition) is 0. The fraction of sp³-hybridized carbons (Fsp3) is 0.462. The zero-order valence-corrected chi connectivity index (χ0v) is 10.6. The summed E-state index contributed by atoms with van der Waals surface area (Å²) in [6.07, 6.45) is 2.10. The minimum atomic E-state index is 0.590. The Bertz CT molecular complexity index is 433. The maximum absolute atomic E-state index is 8.81. The van der Waals surface area contributed by atoms with E-state index in [1.165, 1.54) is 11.1 Å². The van der Waals surface area contributed by atoms with Gasteiger partial charge in [0, 0.05) is 12.6 Å². The third kappa shape index (κ3) is 2.27. The topological polar surface area (TPSA) is 36.3 Å². The molecule has 0 saturated heterocycles. The third-order valence-corrected chi connectivity index (χ3v) is 2.89. The van der Waals surface area contributed by atoms with E-state index in [2.05, 4.69) is 26.1 Å². The van der Waals surface area contributed by atoms with Gasteiger partial charge in [0.2, 0.25) is 0 Å². The lowest BCUT2D eigenvalue weighted by molar-refractivity contribution is 0.390. The van der Waals surface area contributed by atoms with Crippen LogP contribution in [0.3, 0.4) is 0 Å². The average Bonchev–Trinajstić information content (AvgIpc) is 2.26. The van der Waals surface area contributed by atoms with Crippen molar-refractivity contribution in [1.82, 2.24) is 4.90 Å². The van der Waals surface area contributed by atoms with Gasteiger partial charge < -0.3 is 9.64 Å². The van der Waals surface area contributed by atoms with Crippen LogP contribution in [-0.2, 0) is 6.54 Å². The van der Waals surface area contributed by atoms with Gasteiger partial charge in [-0.3, -0.25) is 0 Å². The van der Waals surface area contributed by atoms with Crippen LogP contribution in [0, 0.1) is 32.2 Å². The molecule has 0 atom stereocenters. The highest BCUT2D eigenvalue weighted by molar-refractivity contribution is 5.49. The van der Waals surface area contributed by atoms with Gasteiger partial charge in [-0.25, -0.2) is 0 Å². The Kier molecular flexibility index (Phi) is 3.78. The summed E-state index contributed by atoms with van der Waals surface area (Å²) >= 11 is 0. The van der Waals surface area contributed by atoms with Crippen LogP contribution in [0.1, 0.15) is 22.3 Å². The molecule has 0 aliphatic rings. The Balaban J connectivity index is 3.27. The average molecular weight is 218 g/mol. The van der Waals surface area contributed by atoms with Crippen LogP contribution in [0.2, 0.25) is 0 Å². The van der Waals surface area contributed by atoms with Gasteiger partial charge in [0.05, 0.1) is 13.7 Å². The summed E-state index contributed by atoms with van der Waals surface area (Å²) in [5, 5.41) is 8.81. The molecule has 0 aliphatic heterocycles. The van der Waals surface area contributed by atoms with E-state index >= 15 is 0 Å². The zero-order valence-electron chi connectivity index (χ0n) is 10.6. The number of methoxy groups -OCH3 is 1. The van der Waals surface area contributed by atoms with Crippen molar-refractivity contribution < 1.29 is 4.74 Å². The summed E-state index contributed by atoms with van der Waals surface area (Å²) in [5.41, 5.74) is 4.63. The third-order valence-electron chi connectivity index (χ3n) is 2.89. The molecule has 0 radical (unpaired) electrons. The van der Waals surface area contributed by atoms with Gasteiger partial charge in [0.25, 0.3) is 0 Å². The molecule has 3 heteroatoms. The lowest BCUT2D eigenvalue weighted by Gasteiger charge is -2.18. The summed E-state index contributed by atoms with van der Waals surface area (Å²) < 4.78 is 5.45. The van der Waals surface area contributed by atoms with Crippen molar-refractivity contribution in [2.75, 3.05) is 14.2 Å². The predicted molar refractivity (Wildman–Crippen MR) is 64.3 cm³/mol. The van der Waals surface area contributed by atoms with Crippen LogP contribution in [0.5, 0.6) is 5.75 Å². The number of ether oxygens (including phenoxy) is 1. The molecule has 16 heavy (non-hydrogen) atoms. The second-order valence-electron chi connectivity index (χ2n) is 4.10. The van der Waals surface area contributed by atoms with Gasteiger partial charge in [-0.05, 0) is 37.5 Å². The second kappa shape index (κ2) is 4.89. The first kappa shape index (κ1) is 12.4. The van der Waals surface area contributed by atoms with Crippen molar-refractivity contribution in [3.63, 3.8) is 0 Å². The largest absolute Gasteiger partial charge is 0.496 e. The van der Waals surface area contributed by atoms with Crippen molar-refractivity contribution in [2.45, 2.75) is 27.3 Å². The molecule has 0 heterocycles. The number of hydrogen-bond acceptors (Lipinski definition) is 3. The van der Waals surface area contributed by atoms with E-state index in [0.717, 1.165) is 16.9 Å². The Morgan fingerprint density at radius 3 is 2.44 bits per heavy atom. The van der Waals surface area contributed by atoms with E-state index in [-0.39, 0.29) is 0 Å². The molecule has 86 valence electrons. The van der Waals surface area contributed by atoms with E-state index in [1.807, 2.05) is 6.92 Å². The van der Waals surface area contributed by atoms with Crippen molar-refractivity contribution in [1.29, 1.82) is 5.26 Å². The number of nitrogens with zero attached hydrogens (tertiary/aromatic N) is 2. The minimum Gasteiger partial charge on any atom is -0.496 e. The Hall–Kier alpha value is -1.69. The van der Waals surface area contributed by atoms with Crippen LogP contribution in [-0.4, -0.2) is 19.1 Å². The molecule has 0 spiro atoms. The number of rotatable bonds is 3. The zero-order chi connectivity index (χ0) is 12.3. The lowest BCUT2D eigenvalue weighted by atomic mass is 9.99. The van der Waals surface area contributed by atoms with Gasteiger partial charge in [-0.1, -0.05) is 6.07 Å². The maximum atomic E-state index is 8.81. The van der Waals surface area contributed by atoms with Crippen LogP contribution in [0.15, 0.2) is 6.07 Å². The van der Waals surface area contributed by atoms with Crippen LogP contribution in [0.4, 0.5) is 0 Å². The second-order valence-corrected chi connectivity index (χ2v) is 4.10. The number of benzene rings is 1. The molecular formula is C13H18N2O. The van der Waals surface area contributed by atoms with Crippen molar-refractivity contribution >= 4 is 0 Å². The van der Waals surface area contributed by atoms with Crippen molar-refractivity contribution in [3.05, 3.63) is 28.3 Å². The van der Waals surface area contributed by atoms with Gasteiger partial charge in [-0.2, -0.15) is 5.26 Å². The van der Waals surface area contributed by atoms with Crippen LogP contribution in [0.25, 0.3) is 0 Å². The highest BCUT2D eigenvalue weighted by atomic mass is 16.5. The molecule has 0 fully saturated rings. The molecule has 0 amide bonds. The first-order valence-corrected chi connectivity index (χ1v) is 5.25. The Morgan fingerprint density at radius 1 is 1.31 bits per heavy atom. The summed E-state index contributed by atoms with van der Waals surface area (Å²) in [7, 11) is 3.45. The first-order valence-electron chi connectivity index (χ1n) is 5.25. The molecule has 1 aromatic carbocycles. The van der Waals surface area contributed by atoms with E-state index in [0.29, 0.717) is 6.54 Å². The highest BCUT2D eigenvalue weighted by Gasteiger charge is 2.13. The molecule has 3 nitrogen and oxygen atoms in total. The van der Waals surface area contributed by atoms with Crippen LogP contribution >= 0.6 is 0 Å². The highest BCUT2D eigenvalue weighted by Crippen LogP contribution is 2.30. The molecule has 1 aromatic rings. The normalized spacial score (nSPS) is 9.75. The summed E-state index contributed by atoms with van der Waals surface area (Å²) in [5.74, 6) is 0.902. The van der Waals surface area contributed by atoms with Crippen LogP contribution < -0.4 is 4.74 Å². The molecule has 0 bridgehead atoms. The minimum absolute atomic E-state index is 0.590. The number of nitriles is 1. The predicted octanol–water partition coefficient (Wildman–Crippen LogP) is 2.53. The molecule has 1 rings (SSSR count). The van der Waals surface area contributed by atoms with E-state index in [9.17, 15) is 0 Å². The lowest BCUT2D eigenvalue weighted by Crippen LogP contribution is -2.13. The van der Waals surface area contributed by atoms with Gasteiger partial charge in [-0.15, -0.1) is 0 Å². The SMILES string of the molecule is COc1c(C)c(C)cc(C)c1CN(C)C#N. The standard InChI is InChI=1S/C13H18N2O/c1-9-6-10(2)12(7-15(4)8-14)13(16-5)11(9)3/h6H,7H2,1-5H3. The quantitative estimate of drug-likeness (QED) is 0.578. The molecule has 0 aliphatic carbocycles. The first-order chi connectivity index (χ1) is 7.51. The molecule has 0 saturated carbocycles. The molecule has 0 aromatic heterocycles. The summed E-state index contributed by atoms with van der Waals surface area (Å²) in [4.78, 5) is 1.60. The van der Waals surface area contributed by atoms with Gasteiger partial charge in [0.1, 0.15) is 5.75 Å². The number of aryl methyl sites for hydroxylation is 2. The molecule has 0 N–H and O–H groups in total. The van der Waals surface area contributed by atoms with Gasteiger partial charge >= 0.3 is 0 Å². The van der Waals surface area contributed by atoms with E-state index < -0.39 is 0 Å². The Labute approximate surface area is 97.3 Å². The van der Waals surface area contributed by atoms with Gasteiger partial charge in [0.15, 0.2) is 6.19 Å². The van der Waals surface area contributed by atoms with E-state index in [4.69, 9.17) is 10.00 Å². The van der Waals surface area contributed by atoms with Crippen molar-refractivity contribution in [3.8, 4) is 11.9 Å². The van der Waals surface area contributed by atoms with Crippen molar-refractivity contribution in [2.24, 2.45) is 0 Å². The molecular weight excluding hydrogens is 200 g/mol. The monoisotopic (exact) mass is 218 g/mol. The fourth-order valence-corrected chi connectivity index (χ4v) is 1.85. The summed E-state index contributed by atoms with van der Waals surface area (Å²) in [6, 6.07) is 2.14. The maximum Gasteiger partial charge on any atom is 0.179 e. The smallest absolute Gasteiger partial charge is 0.179 e. The Morgan fingerprint density at radius 2 is 1.94 bits per heavy atom. The van der Waals surface area contributed by atoms with E-state index in [1.54, 1.807) is 19.1 Å².